The number of carbonyl (C=O) groups is 1. The molecule has 0 atom stereocenters. The van der Waals surface area contributed by atoms with Gasteiger partial charge in [0.2, 0.25) is 0 Å². The highest BCUT2D eigenvalue weighted by Gasteiger charge is 2.50. The predicted molar refractivity (Wildman–Crippen MR) is 90.5 cm³/mol. The molecule has 0 saturated carbocycles. The lowest BCUT2D eigenvalue weighted by atomic mass is 9.79. The summed E-state index contributed by atoms with van der Waals surface area (Å²) in [6, 6.07) is 0.418. The highest BCUT2D eigenvalue weighted by atomic mass is 16.7. The molecule has 4 nitrogen and oxygen atoms in total. The topological polar surface area (TPSA) is 43.5 Å². The first-order valence-electron chi connectivity index (χ1n) is 8.50. The van der Waals surface area contributed by atoms with Crippen LogP contribution in [-0.2, 0) is 9.63 Å². The number of carbonyl (C=O) groups excluding carboxylic acids is 1. The average Bonchev–Trinajstić information content (AvgIpc) is 2.31. The predicted octanol–water partition coefficient (Wildman–Crippen LogP) is 2.46. The van der Waals surface area contributed by atoms with Crippen LogP contribution in [0.3, 0.4) is 0 Å². The van der Waals surface area contributed by atoms with E-state index in [2.05, 4.69) is 45.8 Å². The van der Waals surface area contributed by atoms with E-state index in [1.54, 1.807) is 0 Å². The summed E-state index contributed by atoms with van der Waals surface area (Å²) in [6.07, 6.45) is 6.32. The molecule has 1 fully saturated rings. The zero-order valence-corrected chi connectivity index (χ0v) is 15.7. The molecule has 1 rings (SSSR count). The maximum absolute atomic E-state index is 12.3. The van der Waals surface area contributed by atoms with E-state index in [0.717, 1.165) is 25.7 Å². The largest absolute Gasteiger partial charge is 0.366 e. The molecule has 1 heterocycles. The third kappa shape index (κ3) is 4.80. The monoisotopic (exact) mass is 311 g/mol. The molecule has 0 aromatic carbocycles. The molecule has 22 heavy (non-hydrogen) atoms. The van der Waals surface area contributed by atoms with Gasteiger partial charge >= 0.3 is 5.97 Å². The van der Waals surface area contributed by atoms with Gasteiger partial charge < -0.3 is 4.84 Å². The highest BCUT2D eigenvalue weighted by molar-refractivity contribution is 5.75. The van der Waals surface area contributed by atoms with Crippen LogP contribution in [0.2, 0.25) is 0 Å². The second-order valence-corrected chi connectivity index (χ2v) is 8.81. The second kappa shape index (κ2) is 6.69. The molecule has 1 aliphatic heterocycles. The van der Waals surface area contributed by atoms with Crippen molar-refractivity contribution in [1.29, 1.82) is 0 Å². The third-order valence-electron chi connectivity index (χ3n) is 4.16. The lowest BCUT2D eigenvalue weighted by molar-refractivity contribution is -0.518. The van der Waals surface area contributed by atoms with Crippen molar-refractivity contribution in [2.75, 3.05) is 0 Å². The molecule has 0 radical (unpaired) electrons. The van der Waals surface area contributed by atoms with E-state index >= 15 is 0 Å². The summed E-state index contributed by atoms with van der Waals surface area (Å²) in [6.45, 7) is 16.5. The number of nitrogens with one attached hydrogen (secondary N) is 1. The van der Waals surface area contributed by atoms with Crippen molar-refractivity contribution in [2.45, 2.75) is 98.2 Å². The molecule has 4 heteroatoms. The third-order valence-corrected chi connectivity index (χ3v) is 4.16. The van der Waals surface area contributed by atoms with Gasteiger partial charge in [0.15, 0.2) is 6.04 Å². The molecule has 0 bridgehead atoms. The number of hydrogen-bond acceptors (Lipinski definition) is 3. The highest BCUT2D eigenvalue weighted by Crippen LogP contribution is 2.38. The standard InChI is InChI=1S/C18H34N2O2/c1-9-10-11-19-14-12-17(5,6)20(18(7,8)13-14)22-15(21)16(2,3)4/h11,14H,9-10,12-13H2,1-8H3/p+1. The Morgan fingerprint density at radius 3 is 2.14 bits per heavy atom. The van der Waals surface area contributed by atoms with Gasteiger partial charge in [-0.1, -0.05) is 6.92 Å². The van der Waals surface area contributed by atoms with Gasteiger partial charge in [-0.2, -0.15) is 0 Å². The number of rotatable bonds is 4. The van der Waals surface area contributed by atoms with Gasteiger partial charge in [0.05, 0.1) is 16.5 Å². The summed E-state index contributed by atoms with van der Waals surface area (Å²) in [5.74, 6) is -0.169. The van der Waals surface area contributed by atoms with Crippen molar-refractivity contribution in [2.24, 2.45) is 5.41 Å². The summed E-state index contributed by atoms with van der Waals surface area (Å²) in [5.41, 5.74) is -0.878. The number of hydroxylamine groups is 2. The summed E-state index contributed by atoms with van der Waals surface area (Å²) in [7, 11) is 0. The van der Waals surface area contributed by atoms with Gasteiger partial charge in [-0.3, -0.25) is 0 Å². The smallest absolute Gasteiger partial charge is 0.330 e. The van der Waals surface area contributed by atoms with Crippen molar-refractivity contribution < 1.29 is 14.6 Å². The number of unbranched alkanes of at least 4 members (excludes halogenated alkanes) is 1. The quantitative estimate of drug-likeness (QED) is 0.811. The molecule has 0 aromatic heterocycles. The summed E-state index contributed by atoms with van der Waals surface area (Å²) < 4.78 is 0. The fraction of sp³-hybridized carbons (Fsp3) is 0.889. The Bertz CT molecular complexity index is 401. The minimum Gasteiger partial charge on any atom is -0.366 e. The van der Waals surface area contributed by atoms with Crippen LogP contribution in [0.15, 0.2) is 0 Å². The fourth-order valence-corrected chi connectivity index (χ4v) is 3.24. The van der Waals surface area contributed by atoms with Crippen molar-refractivity contribution in [3.63, 3.8) is 0 Å². The van der Waals surface area contributed by atoms with Gasteiger partial charge in [0.1, 0.15) is 6.21 Å². The lowest BCUT2D eigenvalue weighted by Gasteiger charge is -2.51. The van der Waals surface area contributed by atoms with E-state index in [1.165, 1.54) is 0 Å². The van der Waals surface area contributed by atoms with E-state index in [0.29, 0.717) is 6.04 Å². The Morgan fingerprint density at radius 1 is 1.23 bits per heavy atom. The van der Waals surface area contributed by atoms with Crippen molar-refractivity contribution in [3.05, 3.63) is 0 Å². The normalized spacial score (nSPS) is 22.9. The van der Waals surface area contributed by atoms with Crippen molar-refractivity contribution in [3.8, 4) is 0 Å². The molecule has 1 N–H and O–H groups in total. The molecule has 0 aliphatic carbocycles. The molecule has 0 spiro atoms. The van der Waals surface area contributed by atoms with E-state index in [9.17, 15) is 4.79 Å². The minimum absolute atomic E-state index is 0.169. The van der Waals surface area contributed by atoms with Gasteiger partial charge in [-0.05, 0) is 54.9 Å². The molecule has 0 amide bonds. The second-order valence-electron chi connectivity index (χ2n) is 8.81. The summed E-state index contributed by atoms with van der Waals surface area (Å²) >= 11 is 0. The number of nitrogens with zero attached hydrogens (tertiary/aromatic N) is 1. The first kappa shape index (κ1) is 19.1. The SMILES string of the molecule is CCCC=[NH+]C1CC(C)(C)N(OC(=O)C(C)(C)C)C(C)(C)C1. The fourth-order valence-electron chi connectivity index (χ4n) is 3.24. The van der Waals surface area contributed by atoms with Crippen LogP contribution in [0.5, 0.6) is 0 Å². The Hall–Kier alpha value is -0.900. The van der Waals surface area contributed by atoms with Gasteiger partial charge in [-0.25, -0.2) is 9.79 Å². The van der Waals surface area contributed by atoms with Gasteiger partial charge in [-0.15, -0.1) is 5.06 Å². The van der Waals surface area contributed by atoms with E-state index in [-0.39, 0.29) is 17.0 Å². The molecule has 0 aromatic rings. The van der Waals surface area contributed by atoms with E-state index < -0.39 is 5.41 Å². The first-order chi connectivity index (χ1) is 9.90. The van der Waals surface area contributed by atoms with Crippen LogP contribution in [0, 0.1) is 5.41 Å². The molecular formula is C18H35N2O2+. The van der Waals surface area contributed by atoms with Gasteiger partial charge in [0.25, 0.3) is 0 Å². The first-order valence-corrected chi connectivity index (χ1v) is 8.50. The molecule has 0 unspecified atom stereocenters. The van der Waals surface area contributed by atoms with E-state index in [1.807, 2.05) is 25.8 Å². The maximum atomic E-state index is 12.3. The summed E-state index contributed by atoms with van der Waals surface area (Å²) in [4.78, 5) is 21.7. The van der Waals surface area contributed by atoms with Crippen LogP contribution < -0.4 is 4.99 Å². The number of hydrogen-bond donors (Lipinski definition) is 1. The zero-order chi connectivity index (χ0) is 17.2. The van der Waals surface area contributed by atoms with E-state index in [4.69, 9.17) is 4.84 Å². The molecular weight excluding hydrogens is 276 g/mol. The maximum Gasteiger partial charge on any atom is 0.330 e. The summed E-state index contributed by atoms with van der Waals surface area (Å²) in [5, 5.41) is 1.92. The Balaban J connectivity index is 2.90. The zero-order valence-electron chi connectivity index (χ0n) is 15.7. The van der Waals surface area contributed by atoms with Crippen molar-refractivity contribution >= 4 is 12.2 Å². The number of piperidine rings is 1. The van der Waals surface area contributed by atoms with Crippen LogP contribution in [0.4, 0.5) is 0 Å². The Kier molecular flexibility index (Phi) is 5.82. The van der Waals surface area contributed by atoms with Crippen LogP contribution >= 0.6 is 0 Å². The van der Waals surface area contributed by atoms with Crippen LogP contribution in [0.25, 0.3) is 0 Å². The Morgan fingerprint density at radius 2 is 1.73 bits per heavy atom. The van der Waals surface area contributed by atoms with Gasteiger partial charge in [0, 0.05) is 19.3 Å². The Labute approximate surface area is 136 Å². The van der Waals surface area contributed by atoms with Crippen molar-refractivity contribution in [1.82, 2.24) is 5.06 Å². The van der Waals surface area contributed by atoms with Crippen LogP contribution in [-0.4, -0.2) is 34.4 Å². The molecule has 1 saturated heterocycles. The molecule has 128 valence electrons. The van der Waals surface area contributed by atoms with Crippen LogP contribution in [0.1, 0.15) is 81.1 Å². The molecule has 1 aliphatic rings. The lowest BCUT2D eigenvalue weighted by Crippen LogP contribution is -2.82. The minimum atomic E-state index is -0.490. The average molecular weight is 311 g/mol.